The van der Waals surface area contributed by atoms with Gasteiger partial charge in [-0.3, -0.25) is 14.5 Å². The standard InChI is InChI=1S/C44H52ClF3N6O7S3/c1-2-49-28-40(55)50-21-25-53-22-5-6-34(53)26-41(62)51-38-18-17-35(27-39(38)63(58,59)44(46,47)48)64(60,61)52-43(57)31-11-15-33(16-12-31)54-23-19-30(20-24-54)42(56)37-8-4-3-7-36(37)29-9-13-32(45)14-10-29/h3-4,7-18,27,30,34,41-42,49,51,56,62H,2,5-6,19-26,28H2,1H3,(H,50,55)(H,52,57)/t34-,41+,42+/m0/s1. The van der Waals surface area contributed by atoms with Crippen molar-refractivity contribution in [1.29, 1.82) is 0 Å². The maximum Gasteiger partial charge on any atom is 0.501 e. The molecule has 0 radical (unpaired) electrons. The van der Waals surface area contributed by atoms with Gasteiger partial charge in [-0.05, 0) is 122 Å². The maximum atomic E-state index is 14.0. The number of nitrogens with zero attached hydrogens (tertiary/aromatic N) is 2. The van der Waals surface area contributed by atoms with Crippen LogP contribution in [0.1, 0.15) is 61.1 Å². The molecule has 64 heavy (non-hydrogen) atoms. The van der Waals surface area contributed by atoms with Gasteiger partial charge in [0.2, 0.25) is 5.91 Å². The van der Waals surface area contributed by atoms with Crippen LogP contribution >= 0.6 is 24.2 Å². The van der Waals surface area contributed by atoms with Crippen molar-refractivity contribution in [1.82, 2.24) is 20.3 Å². The highest BCUT2D eigenvalue weighted by Crippen LogP contribution is 2.39. The lowest BCUT2D eigenvalue weighted by atomic mass is 9.84. The molecule has 0 bridgehead atoms. The summed E-state index contributed by atoms with van der Waals surface area (Å²) >= 11 is 10.6. The molecule has 0 aliphatic carbocycles. The lowest BCUT2D eigenvalue weighted by Crippen LogP contribution is -2.41. The number of halogens is 4. The first-order chi connectivity index (χ1) is 30.4. The Morgan fingerprint density at radius 2 is 1.61 bits per heavy atom. The van der Waals surface area contributed by atoms with Crippen LogP contribution in [0.2, 0.25) is 5.02 Å². The number of anilines is 2. The number of amides is 2. The number of aliphatic hydroxyl groups is 1. The fraction of sp³-hybridized carbons (Fsp3) is 0.409. The molecule has 13 nitrogen and oxygen atoms in total. The molecule has 2 amide bonds. The van der Waals surface area contributed by atoms with Crippen molar-refractivity contribution < 1.29 is 44.7 Å². The molecule has 2 saturated heterocycles. The highest BCUT2D eigenvalue weighted by molar-refractivity contribution is 7.92. The van der Waals surface area contributed by atoms with E-state index in [1.807, 2.05) is 48.0 Å². The Morgan fingerprint density at radius 1 is 0.922 bits per heavy atom. The molecular weight excluding hydrogens is 913 g/mol. The molecule has 0 saturated carbocycles. The highest BCUT2D eigenvalue weighted by Gasteiger charge is 2.48. The lowest BCUT2D eigenvalue weighted by molar-refractivity contribution is -0.120. The summed E-state index contributed by atoms with van der Waals surface area (Å²) in [5, 5.41) is 19.7. The minimum absolute atomic E-state index is 0.0237. The van der Waals surface area contributed by atoms with E-state index in [0.717, 1.165) is 53.9 Å². The molecule has 2 aliphatic heterocycles. The van der Waals surface area contributed by atoms with Crippen molar-refractivity contribution in [2.45, 2.75) is 71.8 Å². The SMILES string of the molecule is CCNCC(=O)NCCN1CCC[C@H]1C[C@@H](S)Nc1ccc(S(=O)(=O)NC(=O)c2ccc(N3CCC([C@@H](O)c4ccccc4-c4ccc(Cl)cc4)CC3)cc2)cc1S(=O)(=O)C(F)(F)F. The quantitative estimate of drug-likeness (QED) is 0.0467. The molecule has 0 spiro atoms. The number of thiol groups is 1. The van der Waals surface area contributed by atoms with E-state index in [0.29, 0.717) is 56.7 Å². The molecule has 4 aromatic rings. The van der Waals surface area contributed by atoms with Crippen LogP contribution in [0.25, 0.3) is 11.1 Å². The van der Waals surface area contributed by atoms with Gasteiger partial charge in [-0.2, -0.15) is 25.8 Å². The molecule has 346 valence electrons. The Bertz CT molecular complexity index is 2480. The number of alkyl halides is 3. The zero-order valence-corrected chi connectivity index (χ0v) is 38.3. The van der Waals surface area contributed by atoms with E-state index in [2.05, 4.69) is 38.4 Å². The first-order valence-electron chi connectivity index (χ1n) is 20.9. The number of hydrogen-bond acceptors (Lipinski definition) is 12. The predicted octanol–water partition coefficient (Wildman–Crippen LogP) is 6.62. The third-order valence-corrected chi connectivity index (χ3v) is 15.0. The minimum Gasteiger partial charge on any atom is -0.388 e. The van der Waals surface area contributed by atoms with Crippen molar-refractivity contribution in [2.75, 3.05) is 56.0 Å². The van der Waals surface area contributed by atoms with Crippen LogP contribution in [0.15, 0.2) is 101 Å². The van der Waals surface area contributed by atoms with Gasteiger partial charge in [0.25, 0.3) is 25.8 Å². The second-order valence-electron chi connectivity index (χ2n) is 15.8. The number of likely N-dealkylation sites (N-methyl/N-ethyl adjacent to an activating group) is 1. The Labute approximate surface area is 382 Å². The van der Waals surface area contributed by atoms with E-state index in [-0.39, 0.29) is 36.4 Å². The van der Waals surface area contributed by atoms with Gasteiger partial charge in [-0.15, -0.1) is 0 Å². The van der Waals surface area contributed by atoms with Gasteiger partial charge in [0.1, 0.15) is 4.90 Å². The average Bonchev–Trinajstić information content (AvgIpc) is 3.71. The van der Waals surface area contributed by atoms with Crippen LogP contribution in [-0.2, 0) is 24.7 Å². The number of rotatable bonds is 18. The highest BCUT2D eigenvalue weighted by atomic mass is 35.5. The number of carbonyl (C=O) groups is 2. The number of aliphatic hydroxyl groups excluding tert-OH is 1. The predicted molar refractivity (Wildman–Crippen MR) is 245 cm³/mol. The van der Waals surface area contributed by atoms with E-state index in [1.165, 1.54) is 12.1 Å². The summed E-state index contributed by atoms with van der Waals surface area (Å²) in [5.41, 5.74) is -2.91. The van der Waals surface area contributed by atoms with Crippen molar-refractivity contribution in [3.05, 3.63) is 107 Å². The largest absolute Gasteiger partial charge is 0.501 e. The first kappa shape index (κ1) is 49.1. The fourth-order valence-electron chi connectivity index (χ4n) is 8.17. The Kier molecular flexibility index (Phi) is 16.3. The molecule has 2 fully saturated rings. The van der Waals surface area contributed by atoms with E-state index in [1.54, 1.807) is 24.3 Å². The van der Waals surface area contributed by atoms with Crippen LogP contribution < -0.4 is 25.6 Å². The smallest absolute Gasteiger partial charge is 0.388 e. The molecule has 0 unspecified atom stereocenters. The summed E-state index contributed by atoms with van der Waals surface area (Å²) in [6, 6.07) is 23.4. The summed E-state index contributed by atoms with van der Waals surface area (Å²) in [6.07, 6.45) is 2.50. The van der Waals surface area contributed by atoms with Crippen molar-refractivity contribution >= 4 is 67.3 Å². The molecule has 5 N–H and O–H groups in total. The third-order valence-electron chi connectivity index (χ3n) is 11.6. The number of nitrogens with one attached hydrogen (secondary N) is 4. The number of carbonyl (C=O) groups excluding carboxylic acids is 2. The van der Waals surface area contributed by atoms with Crippen molar-refractivity contribution in [3.63, 3.8) is 0 Å². The van der Waals surface area contributed by atoms with Gasteiger partial charge in [0.05, 0.1) is 28.6 Å². The summed E-state index contributed by atoms with van der Waals surface area (Å²) < 4.78 is 96.3. The van der Waals surface area contributed by atoms with Gasteiger partial charge in [0.15, 0.2) is 0 Å². The molecule has 2 heterocycles. The monoisotopic (exact) mass is 964 g/mol. The number of benzene rings is 4. The third kappa shape index (κ3) is 12.1. The normalized spacial score (nSPS) is 17.5. The van der Waals surface area contributed by atoms with Crippen molar-refractivity contribution in [2.24, 2.45) is 5.92 Å². The van der Waals surface area contributed by atoms with Crippen LogP contribution in [0, 0.1) is 5.92 Å². The number of sulfonamides is 1. The molecule has 2 aliphatic rings. The average molecular weight is 966 g/mol. The number of piperidine rings is 1. The van der Waals surface area contributed by atoms with Gasteiger partial charge in [-0.1, -0.05) is 54.9 Å². The summed E-state index contributed by atoms with van der Waals surface area (Å²) in [6.45, 7) is 5.54. The van der Waals surface area contributed by atoms with Crippen LogP contribution in [0.5, 0.6) is 0 Å². The number of hydrogen-bond donors (Lipinski definition) is 6. The second kappa shape index (κ2) is 21.3. The molecule has 20 heteroatoms. The Hall–Kier alpha value is -4.37. The summed E-state index contributed by atoms with van der Waals surface area (Å²) in [4.78, 5) is 27.2. The molecule has 0 aromatic heterocycles. The van der Waals surface area contributed by atoms with Gasteiger partial charge in [0, 0.05) is 48.5 Å². The zero-order valence-electron chi connectivity index (χ0n) is 35.0. The van der Waals surface area contributed by atoms with E-state index in [9.17, 15) is 44.7 Å². The molecule has 3 atom stereocenters. The number of likely N-dealkylation sites (tertiary alicyclic amines) is 1. The molecule has 4 aromatic carbocycles. The topological polar surface area (TPSA) is 177 Å². The molecular formula is C44H52ClF3N6O7S3. The fourth-order valence-corrected chi connectivity index (χ4v) is 10.7. The summed E-state index contributed by atoms with van der Waals surface area (Å²) in [7, 11) is -11.0. The maximum absolute atomic E-state index is 14.0. The first-order valence-corrected chi connectivity index (χ1v) is 24.8. The minimum atomic E-state index is -6.09. The molecule has 6 rings (SSSR count). The van der Waals surface area contributed by atoms with E-state index >= 15 is 0 Å². The van der Waals surface area contributed by atoms with Gasteiger partial charge < -0.3 is 26.0 Å². The van der Waals surface area contributed by atoms with Gasteiger partial charge in [-0.25, -0.2) is 21.6 Å². The van der Waals surface area contributed by atoms with Crippen LogP contribution in [-0.4, -0.2) is 101 Å². The number of sulfone groups is 1. The van der Waals surface area contributed by atoms with Crippen LogP contribution in [0.4, 0.5) is 24.5 Å². The van der Waals surface area contributed by atoms with Gasteiger partial charge >= 0.3 is 5.51 Å². The van der Waals surface area contributed by atoms with Crippen molar-refractivity contribution in [3.8, 4) is 11.1 Å². The second-order valence-corrected chi connectivity index (χ2v) is 20.5. The van der Waals surface area contributed by atoms with E-state index < -0.39 is 58.2 Å². The zero-order chi connectivity index (χ0) is 46.2. The Morgan fingerprint density at radius 3 is 2.28 bits per heavy atom. The summed E-state index contributed by atoms with van der Waals surface area (Å²) in [5.74, 6) is -1.26. The Balaban J connectivity index is 1.08. The van der Waals surface area contributed by atoms with E-state index in [4.69, 9.17) is 11.6 Å². The lowest BCUT2D eigenvalue weighted by Gasteiger charge is -2.36. The van der Waals surface area contributed by atoms with Crippen LogP contribution in [0.3, 0.4) is 0 Å².